The summed E-state index contributed by atoms with van der Waals surface area (Å²) in [5, 5.41) is 4.38. The first-order valence-electron chi connectivity index (χ1n) is 8.55. The summed E-state index contributed by atoms with van der Waals surface area (Å²) in [6.07, 6.45) is 0. The lowest BCUT2D eigenvalue weighted by molar-refractivity contribution is 0.0769. The fourth-order valence-corrected chi connectivity index (χ4v) is 2.78. The molecule has 0 bridgehead atoms. The molecular weight excluding hydrogens is 366 g/mol. The molecule has 6 nitrogen and oxygen atoms in total. The largest absolute Gasteiger partial charge is 0.492 e. The van der Waals surface area contributed by atoms with Crippen LogP contribution in [-0.4, -0.2) is 34.6 Å². The van der Waals surface area contributed by atoms with Crippen molar-refractivity contribution in [2.24, 2.45) is 0 Å². The Labute approximate surface area is 162 Å². The zero-order valence-corrected chi connectivity index (χ0v) is 16.2. The Kier molecular flexibility index (Phi) is 5.76. The van der Waals surface area contributed by atoms with Crippen molar-refractivity contribution < 1.29 is 14.1 Å². The van der Waals surface area contributed by atoms with Crippen LogP contribution in [0.15, 0.2) is 47.0 Å². The number of carbonyl (C=O) groups excluding carboxylic acids is 1. The number of nitrogens with zero attached hydrogens (tertiary/aromatic N) is 3. The Morgan fingerprint density at radius 1 is 1.22 bits per heavy atom. The molecule has 0 fully saturated rings. The van der Waals surface area contributed by atoms with Gasteiger partial charge in [-0.05, 0) is 32.0 Å². The molecule has 27 heavy (non-hydrogen) atoms. The Hall–Kier alpha value is -2.86. The average molecular weight is 386 g/mol. The Balaban J connectivity index is 1.70. The average Bonchev–Trinajstić information content (AvgIpc) is 3.12. The van der Waals surface area contributed by atoms with Gasteiger partial charge in [-0.25, -0.2) is 0 Å². The quantitative estimate of drug-likeness (QED) is 0.630. The maximum Gasteiger partial charge on any atom is 0.254 e. The molecule has 7 heteroatoms. The van der Waals surface area contributed by atoms with E-state index in [-0.39, 0.29) is 12.5 Å². The number of benzene rings is 2. The third-order valence-electron chi connectivity index (χ3n) is 3.98. The smallest absolute Gasteiger partial charge is 0.254 e. The van der Waals surface area contributed by atoms with Gasteiger partial charge < -0.3 is 14.2 Å². The lowest BCUT2D eigenvalue weighted by Gasteiger charge is -2.15. The van der Waals surface area contributed by atoms with Crippen molar-refractivity contribution in [3.05, 3.63) is 64.5 Å². The van der Waals surface area contributed by atoms with Crippen LogP contribution in [0.5, 0.6) is 5.75 Å². The molecule has 3 rings (SSSR count). The van der Waals surface area contributed by atoms with Gasteiger partial charge >= 0.3 is 0 Å². The van der Waals surface area contributed by atoms with Crippen LogP contribution in [0.25, 0.3) is 11.4 Å². The van der Waals surface area contributed by atoms with Gasteiger partial charge in [0.2, 0.25) is 11.7 Å². The van der Waals surface area contributed by atoms with E-state index in [0.29, 0.717) is 34.7 Å². The monoisotopic (exact) mass is 385 g/mol. The molecule has 0 unspecified atom stereocenters. The molecule has 1 aromatic heterocycles. The SMILES string of the molecule is CCOc1ccc(C(=O)N(C)Cc2nc(-c3ccc(C)cc3)no2)cc1Cl. The summed E-state index contributed by atoms with van der Waals surface area (Å²) in [6, 6.07) is 12.8. The van der Waals surface area contributed by atoms with E-state index in [1.807, 2.05) is 38.1 Å². The maximum atomic E-state index is 12.6. The van der Waals surface area contributed by atoms with Gasteiger partial charge in [0.25, 0.3) is 5.91 Å². The van der Waals surface area contributed by atoms with Gasteiger partial charge in [0.15, 0.2) is 0 Å². The summed E-state index contributed by atoms with van der Waals surface area (Å²) in [4.78, 5) is 18.5. The van der Waals surface area contributed by atoms with Crippen molar-refractivity contribution in [2.75, 3.05) is 13.7 Å². The highest BCUT2D eigenvalue weighted by atomic mass is 35.5. The second kappa shape index (κ2) is 8.22. The number of aryl methyl sites for hydroxylation is 1. The van der Waals surface area contributed by atoms with Gasteiger partial charge in [0.1, 0.15) is 5.75 Å². The summed E-state index contributed by atoms with van der Waals surface area (Å²) in [5.74, 6) is 1.21. The maximum absolute atomic E-state index is 12.6. The van der Waals surface area contributed by atoms with Crippen LogP contribution < -0.4 is 4.74 Å². The predicted molar refractivity (Wildman–Crippen MR) is 103 cm³/mol. The number of amides is 1. The topological polar surface area (TPSA) is 68.5 Å². The van der Waals surface area contributed by atoms with Crippen molar-refractivity contribution in [3.63, 3.8) is 0 Å². The minimum Gasteiger partial charge on any atom is -0.492 e. The number of carbonyl (C=O) groups is 1. The molecule has 0 radical (unpaired) electrons. The van der Waals surface area contributed by atoms with Crippen molar-refractivity contribution in [1.82, 2.24) is 15.0 Å². The summed E-state index contributed by atoms with van der Waals surface area (Å²) >= 11 is 6.16. The zero-order chi connectivity index (χ0) is 19.4. The van der Waals surface area contributed by atoms with E-state index in [4.69, 9.17) is 20.9 Å². The lowest BCUT2D eigenvalue weighted by atomic mass is 10.1. The van der Waals surface area contributed by atoms with Crippen LogP contribution in [0.2, 0.25) is 5.02 Å². The molecule has 140 valence electrons. The summed E-state index contributed by atoms with van der Waals surface area (Å²) in [6.45, 7) is 4.59. The predicted octanol–water partition coefficient (Wildman–Crippen LogP) is 4.37. The minimum atomic E-state index is -0.199. The second-order valence-corrected chi connectivity index (χ2v) is 6.52. The zero-order valence-electron chi connectivity index (χ0n) is 15.4. The molecule has 0 aliphatic carbocycles. The third kappa shape index (κ3) is 4.46. The highest BCUT2D eigenvalue weighted by molar-refractivity contribution is 6.32. The number of ether oxygens (including phenoxy) is 1. The van der Waals surface area contributed by atoms with Crippen LogP contribution >= 0.6 is 11.6 Å². The number of hydrogen-bond donors (Lipinski definition) is 0. The van der Waals surface area contributed by atoms with E-state index < -0.39 is 0 Å². The molecule has 0 aliphatic heterocycles. The Bertz CT molecular complexity index is 938. The molecule has 3 aromatic rings. The molecule has 0 saturated carbocycles. The molecule has 0 aliphatic rings. The van der Waals surface area contributed by atoms with Crippen molar-refractivity contribution in [3.8, 4) is 17.1 Å². The van der Waals surface area contributed by atoms with Gasteiger partial charge in [-0.3, -0.25) is 4.79 Å². The van der Waals surface area contributed by atoms with Crippen LogP contribution in [0, 0.1) is 6.92 Å². The summed E-state index contributed by atoms with van der Waals surface area (Å²) < 4.78 is 10.7. The second-order valence-electron chi connectivity index (χ2n) is 6.12. The number of rotatable bonds is 6. The molecular formula is C20H20ClN3O3. The van der Waals surface area contributed by atoms with Crippen molar-refractivity contribution in [1.29, 1.82) is 0 Å². The van der Waals surface area contributed by atoms with E-state index in [1.165, 1.54) is 4.90 Å². The van der Waals surface area contributed by atoms with Gasteiger partial charge in [-0.1, -0.05) is 46.6 Å². The third-order valence-corrected chi connectivity index (χ3v) is 4.27. The van der Waals surface area contributed by atoms with Crippen LogP contribution in [-0.2, 0) is 6.54 Å². The Morgan fingerprint density at radius 2 is 1.96 bits per heavy atom. The van der Waals surface area contributed by atoms with Crippen molar-refractivity contribution >= 4 is 17.5 Å². The lowest BCUT2D eigenvalue weighted by Crippen LogP contribution is -2.26. The van der Waals surface area contributed by atoms with Crippen LogP contribution in [0.3, 0.4) is 0 Å². The van der Waals surface area contributed by atoms with Crippen LogP contribution in [0.4, 0.5) is 0 Å². The molecule has 0 atom stereocenters. The molecule has 0 N–H and O–H groups in total. The van der Waals surface area contributed by atoms with E-state index in [1.54, 1.807) is 25.2 Å². The van der Waals surface area contributed by atoms with E-state index >= 15 is 0 Å². The fourth-order valence-electron chi connectivity index (χ4n) is 2.54. The van der Waals surface area contributed by atoms with E-state index in [0.717, 1.165) is 11.1 Å². The fraction of sp³-hybridized carbons (Fsp3) is 0.250. The number of halogens is 1. The van der Waals surface area contributed by atoms with Crippen molar-refractivity contribution in [2.45, 2.75) is 20.4 Å². The van der Waals surface area contributed by atoms with E-state index in [9.17, 15) is 4.79 Å². The molecule has 2 aromatic carbocycles. The first-order valence-corrected chi connectivity index (χ1v) is 8.93. The molecule has 1 heterocycles. The highest BCUT2D eigenvalue weighted by Crippen LogP contribution is 2.26. The minimum absolute atomic E-state index is 0.197. The van der Waals surface area contributed by atoms with Gasteiger partial charge in [-0.15, -0.1) is 0 Å². The molecule has 0 spiro atoms. The highest BCUT2D eigenvalue weighted by Gasteiger charge is 2.17. The van der Waals surface area contributed by atoms with Gasteiger partial charge in [-0.2, -0.15) is 4.98 Å². The number of aromatic nitrogens is 2. The molecule has 0 saturated heterocycles. The van der Waals surface area contributed by atoms with Gasteiger partial charge in [0.05, 0.1) is 18.2 Å². The standard InChI is InChI=1S/C20H20ClN3O3/c1-4-26-17-10-9-15(11-16(17)21)20(25)24(3)12-18-22-19(23-27-18)14-7-5-13(2)6-8-14/h5-11H,4,12H2,1-3H3. The summed E-state index contributed by atoms with van der Waals surface area (Å²) in [5.41, 5.74) is 2.48. The summed E-state index contributed by atoms with van der Waals surface area (Å²) in [7, 11) is 1.67. The number of hydrogen-bond acceptors (Lipinski definition) is 5. The van der Waals surface area contributed by atoms with Crippen LogP contribution in [0.1, 0.15) is 28.7 Å². The van der Waals surface area contributed by atoms with Gasteiger partial charge in [0, 0.05) is 18.2 Å². The van der Waals surface area contributed by atoms with E-state index in [2.05, 4.69) is 10.1 Å². The molecule has 1 amide bonds. The first-order chi connectivity index (χ1) is 13.0. The first kappa shape index (κ1) is 18.9. The Morgan fingerprint density at radius 3 is 2.63 bits per heavy atom. The normalized spacial score (nSPS) is 10.7.